The summed E-state index contributed by atoms with van der Waals surface area (Å²) in [4.78, 5) is 0. The summed E-state index contributed by atoms with van der Waals surface area (Å²) >= 11 is -2.89. The van der Waals surface area contributed by atoms with Crippen molar-refractivity contribution in [2.24, 2.45) is 0 Å². The molecule has 0 aromatic heterocycles. The third-order valence-electron chi connectivity index (χ3n) is 0.744. The Kier molecular flexibility index (Phi) is 10.7. The molecule has 0 rings (SSSR count). The molecule has 8 heavy (non-hydrogen) atoms. The minimum Gasteiger partial charge on any atom is -0.412 e. The first-order valence-corrected chi connectivity index (χ1v) is 6.95. The monoisotopic (exact) mass is 228 g/mol. The van der Waals surface area contributed by atoms with Gasteiger partial charge in [-0.05, 0) is 0 Å². The fourth-order valence-corrected chi connectivity index (χ4v) is 2.20. The molecule has 0 aliphatic rings. The van der Waals surface area contributed by atoms with Crippen molar-refractivity contribution in [3.63, 3.8) is 0 Å². The summed E-state index contributed by atoms with van der Waals surface area (Å²) in [6.07, 6.45) is 1.96. The second kappa shape index (κ2) is 7.52. The van der Waals surface area contributed by atoms with Gasteiger partial charge in [-0.3, -0.25) is 0 Å². The van der Waals surface area contributed by atoms with Crippen LogP contribution >= 0.6 is 0 Å². The van der Waals surface area contributed by atoms with Gasteiger partial charge in [-0.25, -0.2) is 0 Å². The Hall–Kier alpha value is 0.519. The Morgan fingerprint density at radius 3 is 2.25 bits per heavy atom. The van der Waals surface area contributed by atoms with Crippen LogP contribution in [-0.2, 0) is 3.08 Å². The van der Waals surface area contributed by atoms with Crippen molar-refractivity contribution < 1.29 is 12.0 Å². The second-order valence-corrected chi connectivity index (χ2v) is 5.17. The molecule has 0 radical (unpaired) electrons. The third-order valence-corrected chi connectivity index (χ3v) is 2.97. The van der Waals surface area contributed by atoms with Gasteiger partial charge in [0.25, 0.3) is 0 Å². The Bertz CT molecular complexity index is 64.3. The van der Waals surface area contributed by atoms with E-state index in [0.29, 0.717) is 4.44 Å². The van der Waals surface area contributed by atoms with E-state index in [-0.39, 0.29) is 5.48 Å². The van der Waals surface area contributed by atoms with E-state index >= 15 is 0 Å². The molecule has 0 saturated heterocycles. The molecule has 4 heteroatoms. The van der Waals surface area contributed by atoms with Crippen molar-refractivity contribution in [1.82, 2.24) is 0 Å². The van der Waals surface area contributed by atoms with Crippen molar-refractivity contribution >= 4 is 20.2 Å². The molecule has 0 atom stereocenters. The van der Waals surface area contributed by atoms with E-state index in [9.17, 15) is 3.08 Å². The summed E-state index contributed by atoms with van der Waals surface area (Å²) in [5.74, 6) is 0. The van der Waals surface area contributed by atoms with Gasteiger partial charge >= 0.3 is 50.9 Å². The zero-order valence-electron chi connectivity index (χ0n) is 4.98. The number of rotatable bonds is 3. The van der Waals surface area contributed by atoms with E-state index in [1.54, 1.807) is 0 Å². The first-order valence-electron chi connectivity index (χ1n) is 2.49. The quantitative estimate of drug-likeness (QED) is 0.682. The predicted molar refractivity (Wildman–Crippen MR) is 32.0 cm³/mol. The zero-order valence-corrected chi connectivity index (χ0v) is 7.83. The van der Waals surface area contributed by atoms with Crippen LogP contribution in [0.5, 0.6) is 0 Å². The Balaban J connectivity index is 0. The molecule has 3 N–H and O–H groups in total. The van der Waals surface area contributed by atoms with Crippen LogP contribution in [0.1, 0.15) is 19.8 Å². The summed E-state index contributed by atoms with van der Waals surface area (Å²) in [5, 5.41) is 0. The summed E-state index contributed by atoms with van der Waals surface area (Å²) in [6.45, 7) is 2.02. The van der Waals surface area contributed by atoms with Gasteiger partial charge in [0.15, 0.2) is 0 Å². The van der Waals surface area contributed by atoms with E-state index < -0.39 is 20.2 Å². The molecule has 0 spiro atoms. The second-order valence-electron chi connectivity index (χ2n) is 1.50. The van der Waals surface area contributed by atoms with E-state index in [2.05, 4.69) is 0 Å². The topological polar surface area (TPSA) is 68.8 Å². The smallest absolute Gasteiger partial charge is 0.412 e. The van der Waals surface area contributed by atoms with E-state index in [1.165, 1.54) is 0 Å². The van der Waals surface area contributed by atoms with E-state index in [4.69, 9.17) is 3.44 Å². The van der Waals surface area contributed by atoms with Gasteiger partial charge in [0.2, 0.25) is 0 Å². The van der Waals surface area contributed by atoms with Crippen molar-refractivity contribution in [2.45, 2.75) is 24.2 Å². The summed E-state index contributed by atoms with van der Waals surface area (Å²) in [7, 11) is 0. The molecule has 3 nitrogen and oxygen atoms in total. The number of hydrogen-bond donors (Lipinski definition) is 1. The van der Waals surface area contributed by atoms with Crippen molar-refractivity contribution in [3.05, 3.63) is 0 Å². The van der Waals surface area contributed by atoms with Gasteiger partial charge in [0, 0.05) is 0 Å². The molecule has 0 unspecified atom stereocenters. The maximum Gasteiger partial charge on any atom is -0.412 e. The molecule has 0 aliphatic carbocycles. The summed E-state index contributed by atoms with van der Waals surface area (Å²) in [5.41, 5.74) is 0. The molecule has 50 valence electrons. The normalized spacial score (nSPS) is 7.75. The van der Waals surface area contributed by atoms with Crippen LogP contribution in [0.4, 0.5) is 0 Å². The molecular formula is C4H12O3Sn. The molecule has 0 bridgehead atoms. The first-order chi connectivity index (χ1) is 3.27. The SMILES string of the molecule is CCC[CH2][Sn](=[O])[OH].O. The third kappa shape index (κ3) is 9.72. The summed E-state index contributed by atoms with van der Waals surface area (Å²) in [6, 6.07) is 0. The van der Waals surface area contributed by atoms with Crippen LogP contribution in [0, 0.1) is 0 Å². The largest absolute Gasteiger partial charge is 0.412 e. The first kappa shape index (κ1) is 11.3. The fourth-order valence-electron chi connectivity index (χ4n) is 0.328. The molecule has 0 aromatic rings. The predicted octanol–water partition coefficient (Wildman–Crippen LogP) is -0.127. The van der Waals surface area contributed by atoms with Crippen LogP contribution < -0.4 is 0 Å². The Labute approximate surface area is 56.7 Å². The minimum absolute atomic E-state index is 0. The molecule has 0 saturated carbocycles. The minimum atomic E-state index is -2.89. The number of unbranched alkanes of at least 4 members (excludes halogenated alkanes) is 1. The van der Waals surface area contributed by atoms with Gasteiger partial charge in [-0.15, -0.1) is 0 Å². The average molecular weight is 227 g/mol. The molecule has 0 aromatic carbocycles. The molecule has 0 heterocycles. The van der Waals surface area contributed by atoms with Crippen LogP contribution in [0.2, 0.25) is 4.44 Å². The van der Waals surface area contributed by atoms with Gasteiger partial charge in [0.1, 0.15) is 0 Å². The van der Waals surface area contributed by atoms with Crippen LogP contribution in [0.15, 0.2) is 0 Å². The van der Waals surface area contributed by atoms with Crippen molar-refractivity contribution in [1.29, 1.82) is 0 Å². The van der Waals surface area contributed by atoms with Gasteiger partial charge in [-0.1, -0.05) is 0 Å². The van der Waals surface area contributed by atoms with Crippen LogP contribution in [0.3, 0.4) is 0 Å². The Morgan fingerprint density at radius 2 is 2.12 bits per heavy atom. The molecule has 0 fully saturated rings. The maximum absolute atomic E-state index is 10.0. The standard InChI is InChI=1S/C4H9.2H2O.O.Sn/c1-3-4-2;;;;/h1,3-4H2,2H3;2*1H2;;/q;;;;+1/p-1. The van der Waals surface area contributed by atoms with Crippen molar-refractivity contribution in [3.8, 4) is 0 Å². The Morgan fingerprint density at radius 1 is 1.62 bits per heavy atom. The fraction of sp³-hybridized carbons (Fsp3) is 1.00. The van der Waals surface area contributed by atoms with Gasteiger partial charge in [0.05, 0.1) is 0 Å². The average Bonchev–Trinajstić information content (AvgIpc) is 1.61. The molecule has 0 aliphatic heterocycles. The van der Waals surface area contributed by atoms with Crippen LogP contribution in [-0.4, -0.2) is 29.1 Å². The van der Waals surface area contributed by atoms with Crippen molar-refractivity contribution in [2.75, 3.05) is 0 Å². The van der Waals surface area contributed by atoms with E-state index in [0.717, 1.165) is 12.8 Å². The van der Waals surface area contributed by atoms with Crippen LogP contribution in [0.25, 0.3) is 0 Å². The van der Waals surface area contributed by atoms with E-state index in [1.807, 2.05) is 6.92 Å². The van der Waals surface area contributed by atoms with Gasteiger partial charge in [-0.2, -0.15) is 0 Å². The van der Waals surface area contributed by atoms with Gasteiger partial charge < -0.3 is 5.48 Å². The maximum atomic E-state index is 10.0. The summed E-state index contributed by atoms with van der Waals surface area (Å²) < 4.78 is 19.0. The molecule has 0 amide bonds. The zero-order chi connectivity index (χ0) is 5.70. The number of hydrogen-bond acceptors (Lipinski definition) is 1. The molecular weight excluding hydrogens is 215 g/mol.